The SMILES string of the molecule is CN=NC(C)(C)C(=O)O. The molecular weight excluding hydrogens is 120 g/mol. The summed E-state index contributed by atoms with van der Waals surface area (Å²) in [6.07, 6.45) is 0. The van der Waals surface area contributed by atoms with Crippen molar-refractivity contribution in [3.8, 4) is 0 Å². The maximum Gasteiger partial charge on any atom is 0.332 e. The number of hydrogen-bond donors (Lipinski definition) is 1. The van der Waals surface area contributed by atoms with Gasteiger partial charge in [-0.1, -0.05) is 0 Å². The number of rotatable bonds is 2. The van der Waals surface area contributed by atoms with Crippen LogP contribution in [-0.2, 0) is 4.79 Å². The molecule has 4 heteroatoms. The summed E-state index contributed by atoms with van der Waals surface area (Å²) >= 11 is 0. The summed E-state index contributed by atoms with van der Waals surface area (Å²) in [5.41, 5.74) is -1.07. The average molecular weight is 130 g/mol. The van der Waals surface area contributed by atoms with E-state index < -0.39 is 11.5 Å². The van der Waals surface area contributed by atoms with Gasteiger partial charge in [-0.25, -0.2) is 4.79 Å². The number of carboxylic acids is 1. The van der Waals surface area contributed by atoms with Crippen molar-refractivity contribution in [2.75, 3.05) is 7.05 Å². The smallest absolute Gasteiger partial charge is 0.332 e. The van der Waals surface area contributed by atoms with Crippen LogP contribution in [-0.4, -0.2) is 23.7 Å². The average Bonchev–Trinajstić information content (AvgIpc) is 1.65. The Bertz CT molecular complexity index is 140. The van der Waals surface area contributed by atoms with E-state index in [1.807, 2.05) is 0 Å². The molecule has 0 unspecified atom stereocenters. The lowest BCUT2D eigenvalue weighted by Crippen LogP contribution is -2.28. The van der Waals surface area contributed by atoms with E-state index in [0.29, 0.717) is 0 Å². The van der Waals surface area contributed by atoms with Crippen LogP contribution in [0.25, 0.3) is 0 Å². The molecule has 0 saturated carbocycles. The Morgan fingerprint density at radius 1 is 1.56 bits per heavy atom. The third-order valence-electron chi connectivity index (χ3n) is 0.873. The molecule has 4 nitrogen and oxygen atoms in total. The van der Waals surface area contributed by atoms with Gasteiger partial charge in [-0.15, -0.1) is 0 Å². The summed E-state index contributed by atoms with van der Waals surface area (Å²) in [4.78, 5) is 10.3. The van der Waals surface area contributed by atoms with Crippen molar-refractivity contribution in [2.45, 2.75) is 19.4 Å². The minimum atomic E-state index is -1.07. The molecule has 52 valence electrons. The molecule has 0 bridgehead atoms. The Balaban J connectivity index is 4.19. The van der Waals surface area contributed by atoms with Crippen LogP contribution < -0.4 is 0 Å². The van der Waals surface area contributed by atoms with Gasteiger partial charge in [0, 0.05) is 7.05 Å². The molecule has 0 radical (unpaired) electrons. The maximum atomic E-state index is 10.3. The summed E-state index contributed by atoms with van der Waals surface area (Å²) in [6.45, 7) is 2.98. The first-order valence-corrected chi connectivity index (χ1v) is 2.55. The van der Waals surface area contributed by atoms with E-state index in [1.54, 1.807) is 0 Å². The second-order valence-electron chi connectivity index (χ2n) is 2.16. The standard InChI is InChI=1S/C5H10N2O2/c1-5(2,4(8)9)7-6-3/h1-3H3,(H,8,9). The highest BCUT2D eigenvalue weighted by Crippen LogP contribution is 2.07. The van der Waals surface area contributed by atoms with Crippen LogP contribution in [0.4, 0.5) is 0 Å². The molecule has 0 heterocycles. The molecule has 0 saturated heterocycles. The van der Waals surface area contributed by atoms with Gasteiger partial charge in [-0.05, 0) is 13.8 Å². The third-order valence-corrected chi connectivity index (χ3v) is 0.873. The van der Waals surface area contributed by atoms with Gasteiger partial charge in [0.05, 0.1) is 0 Å². The fourth-order valence-electron chi connectivity index (χ4n) is 0.293. The van der Waals surface area contributed by atoms with Gasteiger partial charge in [0.1, 0.15) is 0 Å². The second-order valence-corrected chi connectivity index (χ2v) is 2.16. The zero-order chi connectivity index (χ0) is 7.49. The number of carboxylic acid groups (broad SMARTS) is 1. The molecular formula is C5H10N2O2. The maximum absolute atomic E-state index is 10.3. The fraction of sp³-hybridized carbons (Fsp3) is 0.800. The van der Waals surface area contributed by atoms with Crippen LogP contribution in [0.1, 0.15) is 13.8 Å². The Morgan fingerprint density at radius 2 is 2.00 bits per heavy atom. The lowest BCUT2D eigenvalue weighted by molar-refractivity contribution is -0.142. The van der Waals surface area contributed by atoms with E-state index in [4.69, 9.17) is 5.11 Å². The Morgan fingerprint density at radius 3 is 2.11 bits per heavy atom. The van der Waals surface area contributed by atoms with Gasteiger partial charge in [0.2, 0.25) is 0 Å². The third kappa shape index (κ3) is 2.21. The highest BCUT2D eigenvalue weighted by atomic mass is 16.4. The van der Waals surface area contributed by atoms with E-state index in [9.17, 15) is 4.79 Å². The normalized spacial score (nSPS) is 12.3. The summed E-state index contributed by atoms with van der Waals surface area (Å²) in [5, 5.41) is 15.3. The summed E-state index contributed by atoms with van der Waals surface area (Å²) < 4.78 is 0. The van der Waals surface area contributed by atoms with E-state index in [-0.39, 0.29) is 0 Å². The highest BCUT2D eigenvalue weighted by molar-refractivity contribution is 5.77. The minimum absolute atomic E-state index is 0.965. The molecule has 0 aliphatic rings. The molecule has 0 aromatic rings. The van der Waals surface area contributed by atoms with Gasteiger partial charge < -0.3 is 5.11 Å². The summed E-state index contributed by atoms with van der Waals surface area (Å²) in [7, 11) is 1.45. The number of azo groups is 1. The molecule has 0 aliphatic carbocycles. The van der Waals surface area contributed by atoms with Gasteiger partial charge >= 0.3 is 5.97 Å². The van der Waals surface area contributed by atoms with Crippen LogP contribution in [0.2, 0.25) is 0 Å². The van der Waals surface area contributed by atoms with Crippen molar-refractivity contribution in [1.82, 2.24) is 0 Å². The van der Waals surface area contributed by atoms with Crippen LogP contribution in [0, 0.1) is 0 Å². The quantitative estimate of drug-likeness (QED) is 0.565. The molecule has 0 rings (SSSR count). The first-order valence-electron chi connectivity index (χ1n) is 2.55. The first-order chi connectivity index (χ1) is 4.00. The molecule has 0 amide bonds. The van der Waals surface area contributed by atoms with Gasteiger partial charge in [-0.2, -0.15) is 10.2 Å². The Kier molecular flexibility index (Phi) is 2.30. The first kappa shape index (κ1) is 8.07. The van der Waals surface area contributed by atoms with Crippen molar-refractivity contribution in [1.29, 1.82) is 0 Å². The van der Waals surface area contributed by atoms with Crippen molar-refractivity contribution in [2.24, 2.45) is 10.2 Å². The largest absolute Gasteiger partial charge is 0.479 e. The molecule has 0 fully saturated rings. The van der Waals surface area contributed by atoms with Gasteiger partial charge in [-0.3, -0.25) is 0 Å². The van der Waals surface area contributed by atoms with E-state index in [2.05, 4.69) is 10.2 Å². The highest BCUT2D eigenvalue weighted by Gasteiger charge is 2.25. The fourth-order valence-corrected chi connectivity index (χ4v) is 0.293. The summed E-state index contributed by atoms with van der Waals surface area (Å²) in [6, 6.07) is 0. The zero-order valence-corrected chi connectivity index (χ0v) is 5.75. The van der Waals surface area contributed by atoms with E-state index in [1.165, 1.54) is 20.9 Å². The number of aliphatic carboxylic acids is 1. The van der Waals surface area contributed by atoms with E-state index in [0.717, 1.165) is 0 Å². The van der Waals surface area contributed by atoms with Crippen molar-refractivity contribution in [3.63, 3.8) is 0 Å². The Labute approximate surface area is 53.6 Å². The predicted molar refractivity (Wildman–Crippen MR) is 32.5 cm³/mol. The lowest BCUT2D eigenvalue weighted by atomic mass is 10.1. The minimum Gasteiger partial charge on any atom is -0.479 e. The van der Waals surface area contributed by atoms with Crippen molar-refractivity contribution in [3.05, 3.63) is 0 Å². The van der Waals surface area contributed by atoms with Crippen molar-refractivity contribution >= 4 is 5.97 Å². The molecule has 0 aliphatic heterocycles. The molecule has 9 heavy (non-hydrogen) atoms. The zero-order valence-electron chi connectivity index (χ0n) is 5.75. The van der Waals surface area contributed by atoms with Crippen LogP contribution in [0.3, 0.4) is 0 Å². The number of hydrogen-bond acceptors (Lipinski definition) is 3. The molecule has 0 aromatic carbocycles. The molecule has 0 aromatic heterocycles. The monoisotopic (exact) mass is 130 g/mol. The van der Waals surface area contributed by atoms with Crippen LogP contribution >= 0.6 is 0 Å². The molecule has 0 atom stereocenters. The topological polar surface area (TPSA) is 62.0 Å². The second kappa shape index (κ2) is 2.57. The van der Waals surface area contributed by atoms with Crippen LogP contribution in [0.5, 0.6) is 0 Å². The van der Waals surface area contributed by atoms with Gasteiger partial charge in [0.25, 0.3) is 0 Å². The number of nitrogens with zero attached hydrogens (tertiary/aromatic N) is 2. The Hall–Kier alpha value is -0.930. The predicted octanol–water partition coefficient (Wildman–Crippen LogP) is 0.932. The lowest BCUT2D eigenvalue weighted by Gasteiger charge is -2.09. The summed E-state index contributed by atoms with van der Waals surface area (Å²) in [5.74, 6) is -0.965. The number of carbonyl (C=O) groups is 1. The van der Waals surface area contributed by atoms with Gasteiger partial charge in [0.15, 0.2) is 5.54 Å². The van der Waals surface area contributed by atoms with Crippen molar-refractivity contribution < 1.29 is 9.90 Å². The van der Waals surface area contributed by atoms with Crippen LogP contribution in [0.15, 0.2) is 10.2 Å². The molecule has 1 N–H and O–H groups in total. The molecule has 0 spiro atoms. The van der Waals surface area contributed by atoms with E-state index >= 15 is 0 Å².